The van der Waals surface area contributed by atoms with E-state index in [4.69, 9.17) is 50.8 Å². The maximum Gasteiger partial charge on any atom is 0.494 e. The number of halogens is 1. The second-order valence-corrected chi connectivity index (χ2v) is 34.9. The van der Waals surface area contributed by atoms with Crippen molar-refractivity contribution >= 4 is 24.2 Å². The molecule has 10 nitrogen and oxygen atoms in total. The highest BCUT2D eigenvalue weighted by atomic mass is 35.5. The van der Waals surface area contributed by atoms with Crippen molar-refractivity contribution < 1.29 is 9.31 Å². The monoisotopic (exact) mass is 1510 g/mol. The van der Waals surface area contributed by atoms with Crippen LogP contribution >= 0.6 is 11.6 Å². The average molecular weight is 1510 g/mol. The Bertz CT molecular complexity index is 5540. The third-order valence-electron chi connectivity index (χ3n) is 26.1. The first-order valence-electron chi connectivity index (χ1n) is 40.9. The third-order valence-corrected chi connectivity index (χ3v) is 26.3. The minimum Gasteiger partial charge on any atom is -0.399 e. The van der Waals surface area contributed by atoms with Gasteiger partial charge in [0.1, 0.15) is 0 Å². The van der Waals surface area contributed by atoms with Crippen molar-refractivity contribution in [2.75, 3.05) is 0 Å². The molecule has 0 N–H and O–H groups in total. The molecule has 12 heteroatoms. The molecule has 1 saturated heterocycles. The fourth-order valence-electron chi connectivity index (χ4n) is 20.5. The highest BCUT2D eigenvalue weighted by Crippen LogP contribution is 2.62. The number of pyridine rings is 2. The molecular weight excluding hydrogens is 1420 g/mol. The molecule has 9 aliphatic rings. The van der Waals surface area contributed by atoms with Gasteiger partial charge in [0.25, 0.3) is 0 Å². The van der Waals surface area contributed by atoms with Gasteiger partial charge >= 0.3 is 7.12 Å². The topological polar surface area (TPSA) is 122 Å². The van der Waals surface area contributed by atoms with E-state index in [0.29, 0.717) is 50.8 Å². The molecule has 1 aliphatic heterocycles. The zero-order valence-electron chi connectivity index (χ0n) is 65.2. The Hall–Kier alpha value is -11.2. The second kappa shape index (κ2) is 30.6. The number of rotatable bonds is 14. The van der Waals surface area contributed by atoms with Gasteiger partial charge in [-0.2, -0.15) is 0 Å². The number of hydrogen-bond acceptors (Lipinski definition) is 10. The van der Waals surface area contributed by atoms with Crippen LogP contribution in [0.4, 0.5) is 0 Å². The summed E-state index contributed by atoms with van der Waals surface area (Å²) < 4.78 is 12.4. The molecule has 4 aromatic heterocycles. The Morgan fingerprint density at radius 1 is 0.272 bits per heavy atom. The summed E-state index contributed by atoms with van der Waals surface area (Å²) in [7, 11) is -0.240. The zero-order valence-corrected chi connectivity index (χ0v) is 65.9. The minimum atomic E-state index is -0.268. The molecule has 8 saturated carbocycles. The van der Waals surface area contributed by atoms with E-state index in [2.05, 4.69) is 195 Å². The Balaban J connectivity index is 0.000000122. The molecule has 0 atom stereocenters. The second-order valence-electron chi connectivity index (χ2n) is 34.4. The van der Waals surface area contributed by atoms with Gasteiger partial charge < -0.3 is 9.31 Å². The van der Waals surface area contributed by atoms with Crippen molar-refractivity contribution in [1.29, 1.82) is 0 Å². The Morgan fingerprint density at radius 3 is 0.842 bits per heavy atom. The average Bonchev–Trinajstić information content (AvgIpc) is 0.856. The Labute approximate surface area is 675 Å². The van der Waals surface area contributed by atoms with Crippen LogP contribution in [-0.2, 0) is 20.1 Å². The van der Waals surface area contributed by atoms with Gasteiger partial charge in [-0.3, -0.25) is 9.97 Å². The predicted octanol–water partition coefficient (Wildman–Crippen LogP) is 24.4. The summed E-state index contributed by atoms with van der Waals surface area (Å²) in [6.45, 7) is 8.49. The number of aromatic nitrogens is 8. The highest BCUT2D eigenvalue weighted by molar-refractivity contribution is 6.62. The molecule has 0 amide bonds. The van der Waals surface area contributed by atoms with Crippen molar-refractivity contribution in [3.63, 3.8) is 0 Å². The molecule has 10 aromatic carbocycles. The molecule has 0 spiro atoms. The first-order chi connectivity index (χ1) is 55.6. The van der Waals surface area contributed by atoms with Gasteiger partial charge in [-0.15, -0.1) is 0 Å². The summed E-state index contributed by atoms with van der Waals surface area (Å²) in [5.74, 6) is 9.56. The van der Waals surface area contributed by atoms with Gasteiger partial charge in [-0.1, -0.05) is 242 Å². The lowest BCUT2D eigenvalue weighted by atomic mass is 9.48. The lowest BCUT2D eigenvalue weighted by Crippen LogP contribution is -2.48. The molecule has 23 rings (SSSR count). The molecule has 0 radical (unpaired) electrons. The third kappa shape index (κ3) is 15.1. The quantitative estimate of drug-likeness (QED) is 0.0973. The summed E-state index contributed by atoms with van der Waals surface area (Å²) in [6, 6.07) is 97.1. The molecule has 14 aromatic rings. The predicted molar refractivity (Wildman–Crippen MR) is 462 cm³/mol. The largest absolute Gasteiger partial charge is 0.494 e. The van der Waals surface area contributed by atoms with Crippen molar-refractivity contribution in [2.24, 2.45) is 35.5 Å². The summed E-state index contributed by atoms with van der Waals surface area (Å²) in [5, 5.41) is 0.617. The van der Waals surface area contributed by atoms with Crippen LogP contribution in [0, 0.1) is 35.5 Å². The van der Waals surface area contributed by atoms with Crippen molar-refractivity contribution in [3.05, 3.63) is 320 Å². The maximum absolute atomic E-state index is 6.61. The van der Waals surface area contributed by atoms with Crippen molar-refractivity contribution in [3.8, 4) is 124 Å². The van der Waals surface area contributed by atoms with Gasteiger partial charge in [0.15, 0.2) is 34.9 Å². The molecule has 562 valence electrons. The van der Waals surface area contributed by atoms with E-state index >= 15 is 0 Å². The summed E-state index contributed by atoms with van der Waals surface area (Å²) in [6.07, 6.45) is 24.7. The lowest BCUT2D eigenvalue weighted by Gasteiger charge is -2.57. The summed E-state index contributed by atoms with van der Waals surface area (Å²) in [5.41, 5.74) is 21.3. The van der Waals surface area contributed by atoms with Crippen LogP contribution in [0.3, 0.4) is 0 Å². The Kier molecular flexibility index (Phi) is 19.6. The van der Waals surface area contributed by atoms with E-state index in [1.54, 1.807) is 17.3 Å². The molecule has 114 heavy (non-hydrogen) atoms. The SMILES string of the molecule is CC1(C)OB(c2ccc(C34CC5CC(CC(C5)C3)C4)cc2)OC1(C)C.Clc1cc(-c2ccc(-c3cccnc3)cc2)cc(-c2nc(-c3ccccc3)nc(-c3ccccc3)n2)c1.c1ccc(-c2nc(-c3ccccc3)nc(-c3cc(-c4ccc(-c5cccnc5)cc4)cc(-c4ccc(C56CC7CC(CC(C7)C5)C6)cc4)c3)n2)cc1. The molecular formula is C102H92BClN8O2. The van der Waals surface area contributed by atoms with E-state index in [-0.39, 0.29) is 18.3 Å². The molecule has 9 fully saturated rings. The first kappa shape index (κ1) is 73.0. The number of hydrogen-bond donors (Lipinski definition) is 0. The van der Waals surface area contributed by atoms with E-state index in [1.807, 2.05) is 140 Å². The maximum atomic E-state index is 6.61. The van der Waals surface area contributed by atoms with E-state index in [1.165, 1.54) is 82.6 Å². The fraction of sp³-hybridized carbons (Fsp3) is 0.255. The van der Waals surface area contributed by atoms with E-state index < -0.39 is 0 Å². The van der Waals surface area contributed by atoms with Crippen LogP contribution in [-0.4, -0.2) is 58.2 Å². The van der Waals surface area contributed by atoms with Crippen LogP contribution in [0.25, 0.3) is 124 Å². The fourth-order valence-corrected chi connectivity index (χ4v) is 20.8. The first-order valence-corrected chi connectivity index (χ1v) is 41.3. The minimum absolute atomic E-state index is 0.240. The standard InChI is InChI=1S/C48H40N4.C32H21ClN4.C22H31BO2/c1-3-8-38(9-4-1)45-50-46(39-10-5-2-6-11-39)52-47(51-45)43-26-41(36-15-13-35(14-16-36)40-12-7-21-49-31-40)25-42(27-43)37-17-19-44(20-18-37)48-28-32-22-33(29-48)24-34(23-32)30-48;33-29-19-27(23-15-13-22(14-16-23)26-12-7-17-34-21-26)18-28(20-29)32-36-30(24-8-3-1-4-9-24)35-31(37-32)25-10-5-2-6-11-25;1-20(2)21(3,4)25-23(24-20)19-7-5-18(6-8-19)22-12-15-9-16(13-22)11-17(10-15)14-22/h1-21,25-27,31-34H,22-24,28-30H2;1-21H;5-8,15-17H,9-14H2,1-4H3. The van der Waals surface area contributed by atoms with Gasteiger partial charge in [0.05, 0.1) is 11.2 Å². The normalized spacial score (nSPS) is 22.3. The van der Waals surface area contributed by atoms with Gasteiger partial charge in [-0.05, 0) is 272 Å². The lowest BCUT2D eigenvalue weighted by molar-refractivity contribution is -0.00530. The number of nitrogens with zero attached hydrogens (tertiary/aromatic N) is 8. The van der Waals surface area contributed by atoms with Crippen molar-refractivity contribution in [2.45, 2.75) is 127 Å². The van der Waals surface area contributed by atoms with Crippen LogP contribution in [0.1, 0.15) is 116 Å². The molecule has 5 heterocycles. The smallest absolute Gasteiger partial charge is 0.399 e. The summed E-state index contributed by atoms with van der Waals surface area (Å²) in [4.78, 5) is 38.2. The van der Waals surface area contributed by atoms with Crippen LogP contribution in [0.2, 0.25) is 5.02 Å². The Morgan fingerprint density at radius 2 is 0.526 bits per heavy atom. The van der Waals surface area contributed by atoms with E-state index in [0.717, 1.165) is 124 Å². The molecule has 0 unspecified atom stereocenters. The van der Waals surface area contributed by atoms with Crippen LogP contribution in [0.5, 0.6) is 0 Å². The van der Waals surface area contributed by atoms with Gasteiger partial charge in [0, 0.05) is 63.2 Å². The highest BCUT2D eigenvalue weighted by Gasteiger charge is 2.54. The van der Waals surface area contributed by atoms with Crippen molar-refractivity contribution in [1.82, 2.24) is 39.9 Å². The molecule has 8 bridgehead atoms. The zero-order chi connectivity index (χ0) is 77.0. The summed E-state index contributed by atoms with van der Waals surface area (Å²) >= 11 is 6.61. The van der Waals surface area contributed by atoms with Gasteiger partial charge in [-0.25, -0.2) is 29.9 Å². The number of benzene rings is 10. The molecule has 8 aliphatic carbocycles. The van der Waals surface area contributed by atoms with Crippen LogP contribution < -0.4 is 5.46 Å². The van der Waals surface area contributed by atoms with E-state index in [9.17, 15) is 0 Å². The van der Waals surface area contributed by atoms with Gasteiger partial charge in [0.2, 0.25) is 0 Å². The van der Waals surface area contributed by atoms with Crippen LogP contribution in [0.15, 0.2) is 304 Å².